The van der Waals surface area contributed by atoms with Gasteiger partial charge in [-0.15, -0.1) is 0 Å². The van der Waals surface area contributed by atoms with Crippen LogP contribution in [0.3, 0.4) is 0 Å². The van der Waals surface area contributed by atoms with Crippen LogP contribution in [-0.2, 0) is 0 Å². The Morgan fingerprint density at radius 3 is 2.83 bits per heavy atom. The van der Waals surface area contributed by atoms with E-state index in [1.165, 1.54) is 19.3 Å². The van der Waals surface area contributed by atoms with E-state index >= 15 is 0 Å². The zero-order valence-corrected chi connectivity index (χ0v) is 11.7. The van der Waals surface area contributed by atoms with Crippen LogP contribution in [0, 0.1) is 5.92 Å². The van der Waals surface area contributed by atoms with Crippen LogP contribution < -0.4 is 4.74 Å². The van der Waals surface area contributed by atoms with E-state index in [0.29, 0.717) is 5.92 Å². The molecule has 0 aliphatic heterocycles. The maximum absolute atomic E-state index is 5.76. The van der Waals surface area contributed by atoms with E-state index < -0.39 is 0 Å². The molecule has 1 aliphatic rings. The summed E-state index contributed by atoms with van der Waals surface area (Å²) in [6.45, 7) is 5.13. The van der Waals surface area contributed by atoms with Gasteiger partial charge in [-0.25, -0.2) is 9.97 Å². The molecule has 0 bridgehead atoms. The van der Waals surface area contributed by atoms with Crippen LogP contribution in [0.25, 0.3) is 10.3 Å². The van der Waals surface area contributed by atoms with E-state index in [1.807, 2.05) is 12.1 Å². The molecule has 1 saturated carbocycles. The number of thiazole rings is 1. The Bertz CT molecular complexity index is 546. The van der Waals surface area contributed by atoms with Gasteiger partial charge < -0.3 is 4.74 Å². The molecule has 4 heteroatoms. The summed E-state index contributed by atoms with van der Waals surface area (Å²) in [5, 5.41) is 1.15. The Balaban J connectivity index is 1.76. The summed E-state index contributed by atoms with van der Waals surface area (Å²) in [6, 6.07) is 3.95. The predicted octanol–water partition coefficient (Wildman–Crippen LogP) is 3.99. The molecule has 2 aromatic rings. The normalized spacial score (nSPS) is 16.2. The third-order valence-corrected chi connectivity index (χ3v) is 4.70. The van der Waals surface area contributed by atoms with Gasteiger partial charge in [0.15, 0.2) is 0 Å². The first-order chi connectivity index (χ1) is 8.72. The summed E-state index contributed by atoms with van der Waals surface area (Å²) in [4.78, 5) is 10.1. The quantitative estimate of drug-likeness (QED) is 0.835. The standard InChI is InChI=1S/C14H18N2OS/c1-9(2)13-15-11-6-7-12(16-14(11)18-13)17-8-10-4-3-5-10/h6-7,9-10H,3-5,8H2,1-2H3. The van der Waals surface area contributed by atoms with E-state index in [2.05, 4.69) is 23.8 Å². The van der Waals surface area contributed by atoms with E-state index in [4.69, 9.17) is 4.74 Å². The average molecular weight is 262 g/mol. The van der Waals surface area contributed by atoms with E-state index in [9.17, 15) is 0 Å². The van der Waals surface area contributed by atoms with E-state index in [1.54, 1.807) is 11.3 Å². The number of hydrogen-bond donors (Lipinski definition) is 0. The van der Waals surface area contributed by atoms with Gasteiger partial charge in [-0.05, 0) is 24.8 Å². The topological polar surface area (TPSA) is 35.0 Å². The largest absolute Gasteiger partial charge is 0.477 e. The summed E-state index contributed by atoms with van der Waals surface area (Å²) < 4.78 is 5.76. The van der Waals surface area contributed by atoms with Crippen LogP contribution in [-0.4, -0.2) is 16.6 Å². The monoisotopic (exact) mass is 262 g/mol. The molecule has 0 aromatic carbocycles. The van der Waals surface area contributed by atoms with Gasteiger partial charge in [-0.2, -0.15) is 0 Å². The van der Waals surface area contributed by atoms with Gasteiger partial charge in [0.05, 0.1) is 11.6 Å². The molecule has 0 spiro atoms. The number of aromatic nitrogens is 2. The Hall–Kier alpha value is -1.16. The molecule has 2 heterocycles. The zero-order chi connectivity index (χ0) is 12.5. The maximum Gasteiger partial charge on any atom is 0.214 e. The highest BCUT2D eigenvalue weighted by Gasteiger charge is 2.18. The molecule has 3 nitrogen and oxygen atoms in total. The minimum Gasteiger partial charge on any atom is -0.477 e. The van der Waals surface area contributed by atoms with Crippen molar-refractivity contribution >= 4 is 21.7 Å². The SMILES string of the molecule is CC(C)c1nc2ccc(OCC3CCC3)nc2s1. The maximum atomic E-state index is 5.76. The third kappa shape index (κ3) is 2.34. The number of pyridine rings is 1. The third-order valence-electron chi connectivity index (χ3n) is 3.43. The van der Waals surface area contributed by atoms with Crippen molar-refractivity contribution in [3.8, 4) is 5.88 Å². The van der Waals surface area contributed by atoms with Crippen molar-refractivity contribution < 1.29 is 4.74 Å². The first kappa shape index (κ1) is 11.9. The molecule has 18 heavy (non-hydrogen) atoms. The Kier molecular flexibility index (Phi) is 3.20. The lowest BCUT2D eigenvalue weighted by atomic mass is 9.86. The van der Waals surface area contributed by atoms with Crippen LogP contribution in [0.1, 0.15) is 44.0 Å². The molecule has 2 aromatic heterocycles. The van der Waals surface area contributed by atoms with Crippen LogP contribution in [0.4, 0.5) is 0 Å². The smallest absolute Gasteiger partial charge is 0.214 e. The molecular weight excluding hydrogens is 244 g/mol. The Morgan fingerprint density at radius 1 is 1.33 bits per heavy atom. The lowest BCUT2D eigenvalue weighted by Gasteiger charge is -2.24. The summed E-state index contributed by atoms with van der Waals surface area (Å²) >= 11 is 1.67. The van der Waals surface area contributed by atoms with Crippen LogP contribution >= 0.6 is 11.3 Å². The molecule has 0 amide bonds. The fraction of sp³-hybridized carbons (Fsp3) is 0.571. The molecule has 1 fully saturated rings. The molecule has 0 unspecified atom stereocenters. The van der Waals surface area contributed by atoms with Gasteiger partial charge in [0.1, 0.15) is 10.3 Å². The van der Waals surface area contributed by atoms with Crippen LogP contribution in [0.15, 0.2) is 12.1 Å². The molecule has 0 radical (unpaired) electrons. The van der Waals surface area contributed by atoms with Gasteiger partial charge in [-0.3, -0.25) is 0 Å². The lowest BCUT2D eigenvalue weighted by Crippen LogP contribution is -2.19. The average Bonchev–Trinajstić information content (AvgIpc) is 2.70. The highest BCUT2D eigenvalue weighted by atomic mass is 32.1. The fourth-order valence-corrected chi connectivity index (χ4v) is 2.94. The van der Waals surface area contributed by atoms with Gasteiger partial charge >= 0.3 is 0 Å². The lowest BCUT2D eigenvalue weighted by molar-refractivity contribution is 0.176. The summed E-state index contributed by atoms with van der Waals surface area (Å²) in [7, 11) is 0. The van der Waals surface area contributed by atoms with Crippen molar-refractivity contribution in [3.05, 3.63) is 17.1 Å². The first-order valence-corrected chi connectivity index (χ1v) is 7.44. The van der Waals surface area contributed by atoms with Gasteiger partial charge in [0, 0.05) is 12.0 Å². The molecule has 0 N–H and O–H groups in total. The van der Waals surface area contributed by atoms with E-state index in [-0.39, 0.29) is 0 Å². The Labute approximate surface area is 111 Å². The highest BCUT2D eigenvalue weighted by molar-refractivity contribution is 7.18. The molecule has 1 aliphatic carbocycles. The van der Waals surface area contributed by atoms with Crippen molar-refractivity contribution in [1.82, 2.24) is 9.97 Å². The molecule has 96 valence electrons. The van der Waals surface area contributed by atoms with Crippen molar-refractivity contribution in [2.45, 2.75) is 39.0 Å². The van der Waals surface area contributed by atoms with Crippen molar-refractivity contribution in [2.75, 3.05) is 6.61 Å². The van der Waals surface area contributed by atoms with E-state index in [0.717, 1.165) is 33.8 Å². The van der Waals surface area contributed by atoms with Gasteiger partial charge in [0.2, 0.25) is 5.88 Å². The van der Waals surface area contributed by atoms with Crippen LogP contribution in [0.2, 0.25) is 0 Å². The second-order valence-electron chi connectivity index (χ2n) is 5.29. The Morgan fingerprint density at radius 2 is 2.17 bits per heavy atom. The fourth-order valence-electron chi connectivity index (χ4n) is 2.01. The van der Waals surface area contributed by atoms with Gasteiger partial charge in [0.25, 0.3) is 0 Å². The number of hydrogen-bond acceptors (Lipinski definition) is 4. The number of nitrogens with zero attached hydrogens (tertiary/aromatic N) is 2. The zero-order valence-electron chi connectivity index (χ0n) is 10.8. The molecule has 0 saturated heterocycles. The minimum atomic E-state index is 0.462. The van der Waals surface area contributed by atoms with Crippen molar-refractivity contribution in [2.24, 2.45) is 5.92 Å². The van der Waals surface area contributed by atoms with Crippen molar-refractivity contribution in [1.29, 1.82) is 0 Å². The molecular formula is C14H18N2OS. The second kappa shape index (κ2) is 4.84. The highest BCUT2D eigenvalue weighted by Crippen LogP contribution is 2.29. The molecule has 0 atom stereocenters. The summed E-state index contributed by atoms with van der Waals surface area (Å²) in [5.41, 5.74) is 0.986. The van der Waals surface area contributed by atoms with Crippen LogP contribution in [0.5, 0.6) is 5.88 Å². The second-order valence-corrected chi connectivity index (χ2v) is 6.30. The number of ether oxygens (including phenoxy) is 1. The number of fused-ring (bicyclic) bond motifs is 1. The minimum absolute atomic E-state index is 0.462. The predicted molar refractivity (Wildman–Crippen MR) is 74.3 cm³/mol. The summed E-state index contributed by atoms with van der Waals surface area (Å²) in [6.07, 6.45) is 3.97. The van der Waals surface area contributed by atoms with Gasteiger partial charge in [-0.1, -0.05) is 31.6 Å². The number of rotatable bonds is 4. The molecule has 3 rings (SSSR count). The van der Waals surface area contributed by atoms with Crippen molar-refractivity contribution in [3.63, 3.8) is 0 Å². The summed E-state index contributed by atoms with van der Waals surface area (Å²) in [5.74, 6) is 1.95. The first-order valence-electron chi connectivity index (χ1n) is 6.62.